The summed E-state index contributed by atoms with van der Waals surface area (Å²) in [6, 6.07) is 5.37. The van der Waals surface area contributed by atoms with Crippen molar-refractivity contribution < 1.29 is 19.2 Å². The van der Waals surface area contributed by atoms with Gasteiger partial charge in [0.05, 0.1) is 17.7 Å². The predicted octanol–water partition coefficient (Wildman–Crippen LogP) is -0.310. The third kappa shape index (κ3) is 2.07. The zero-order valence-corrected chi connectivity index (χ0v) is 13.9. The zero-order chi connectivity index (χ0) is 18.0. The molecule has 5 amide bonds. The lowest BCUT2D eigenvalue weighted by Gasteiger charge is -2.32. The zero-order valence-electron chi connectivity index (χ0n) is 13.9. The first-order valence-electron chi connectivity index (χ1n) is 8.67. The second-order valence-corrected chi connectivity index (χ2v) is 7.03. The van der Waals surface area contributed by atoms with Crippen LogP contribution in [0.15, 0.2) is 18.2 Å². The van der Waals surface area contributed by atoms with Crippen LogP contribution in [0.3, 0.4) is 0 Å². The summed E-state index contributed by atoms with van der Waals surface area (Å²) in [5.74, 6) is -1.48. The third-order valence-corrected chi connectivity index (χ3v) is 5.51. The van der Waals surface area contributed by atoms with Crippen molar-refractivity contribution in [2.24, 2.45) is 0 Å². The van der Waals surface area contributed by atoms with Gasteiger partial charge >= 0.3 is 6.03 Å². The lowest BCUT2D eigenvalue weighted by atomic mass is 10.1. The summed E-state index contributed by atoms with van der Waals surface area (Å²) in [5, 5.41) is 7.42. The van der Waals surface area contributed by atoms with Gasteiger partial charge in [-0.1, -0.05) is 0 Å². The normalized spacial score (nSPS) is 27.5. The van der Waals surface area contributed by atoms with Gasteiger partial charge in [0, 0.05) is 37.3 Å². The number of benzene rings is 1. The van der Waals surface area contributed by atoms with E-state index in [1.807, 2.05) is 6.07 Å². The molecule has 9 heteroatoms. The Kier molecular flexibility index (Phi) is 3.11. The Balaban J connectivity index is 1.45. The molecule has 4 heterocycles. The molecular weight excluding hydrogens is 338 g/mol. The van der Waals surface area contributed by atoms with Crippen molar-refractivity contribution in [3.05, 3.63) is 29.3 Å². The van der Waals surface area contributed by atoms with E-state index in [4.69, 9.17) is 0 Å². The number of hydrogen-bond acceptors (Lipinski definition) is 6. The molecule has 3 fully saturated rings. The molecule has 0 saturated carbocycles. The van der Waals surface area contributed by atoms with E-state index >= 15 is 0 Å². The summed E-state index contributed by atoms with van der Waals surface area (Å²) in [6.45, 7) is 1.80. The molecule has 134 valence electrons. The minimum atomic E-state index is -0.751. The number of carbonyl (C=O) groups excluding carboxylic acids is 4. The maximum atomic E-state index is 12.8. The maximum absolute atomic E-state index is 12.8. The first-order valence-corrected chi connectivity index (χ1v) is 8.67. The molecule has 2 bridgehead atoms. The van der Waals surface area contributed by atoms with Crippen LogP contribution < -0.4 is 15.5 Å². The maximum Gasteiger partial charge on any atom is 0.343 e. The second kappa shape index (κ2) is 5.28. The van der Waals surface area contributed by atoms with E-state index in [0.717, 1.165) is 35.2 Å². The number of rotatable bonds is 2. The minimum absolute atomic E-state index is 0.00450. The molecule has 9 nitrogen and oxygen atoms in total. The van der Waals surface area contributed by atoms with Crippen LogP contribution in [0.2, 0.25) is 0 Å². The first kappa shape index (κ1) is 15.3. The molecule has 0 unspecified atom stereocenters. The summed E-state index contributed by atoms with van der Waals surface area (Å²) in [6.07, 6.45) is 1.13. The highest BCUT2D eigenvalue weighted by Crippen LogP contribution is 2.33. The van der Waals surface area contributed by atoms with Crippen molar-refractivity contribution in [1.82, 2.24) is 20.7 Å². The van der Waals surface area contributed by atoms with Crippen LogP contribution in [-0.4, -0.2) is 65.5 Å². The molecule has 26 heavy (non-hydrogen) atoms. The van der Waals surface area contributed by atoms with Crippen LogP contribution in [-0.2, 0) is 4.79 Å². The second-order valence-electron chi connectivity index (χ2n) is 7.03. The Bertz CT molecular complexity index is 869. The van der Waals surface area contributed by atoms with Gasteiger partial charge < -0.3 is 10.2 Å². The monoisotopic (exact) mass is 355 g/mol. The van der Waals surface area contributed by atoms with E-state index in [1.54, 1.807) is 12.1 Å². The van der Waals surface area contributed by atoms with Crippen LogP contribution in [0.1, 0.15) is 33.6 Å². The molecule has 3 saturated heterocycles. The highest BCUT2D eigenvalue weighted by atomic mass is 16.2. The van der Waals surface area contributed by atoms with E-state index in [-0.39, 0.29) is 18.5 Å². The fourth-order valence-corrected chi connectivity index (χ4v) is 4.24. The molecule has 2 N–H and O–H groups in total. The van der Waals surface area contributed by atoms with Gasteiger partial charge in [0.2, 0.25) is 5.91 Å². The minimum Gasteiger partial charge on any atom is -0.366 e. The Morgan fingerprint density at radius 3 is 2.54 bits per heavy atom. The molecule has 5 rings (SSSR count). The quantitative estimate of drug-likeness (QED) is 0.706. The van der Waals surface area contributed by atoms with Gasteiger partial charge in [-0.2, -0.15) is 5.01 Å². The van der Waals surface area contributed by atoms with Gasteiger partial charge in [0.15, 0.2) is 0 Å². The van der Waals surface area contributed by atoms with Gasteiger partial charge in [-0.05, 0) is 24.6 Å². The molecule has 0 aromatic heterocycles. The number of carbonyl (C=O) groups is 4. The fraction of sp³-hybridized carbons (Fsp3) is 0.412. The van der Waals surface area contributed by atoms with Crippen LogP contribution in [0.25, 0.3) is 0 Å². The number of urea groups is 1. The SMILES string of the molecule is O=C1CCN(N2C(=O)c3ccc(N4C[C@@H]5C[C@H]4CN5)cc3C2=O)C(=O)N1. The number of piperazine rings is 1. The van der Waals surface area contributed by atoms with Crippen LogP contribution in [0.4, 0.5) is 10.5 Å². The molecule has 0 radical (unpaired) electrons. The van der Waals surface area contributed by atoms with E-state index in [2.05, 4.69) is 15.5 Å². The number of nitrogens with zero attached hydrogens (tertiary/aromatic N) is 3. The molecule has 4 aliphatic rings. The molecule has 1 aromatic carbocycles. The summed E-state index contributed by atoms with van der Waals surface area (Å²) in [5.41, 5.74) is 1.50. The molecule has 2 atom stereocenters. The lowest BCUT2D eigenvalue weighted by molar-refractivity contribution is -0.122. The molecule has 4 aliphatic heterocycles. The van der Waals surface area contributed by atoms with Gasteiger partial charge in [-0.25, -0.2) is 9.80 Å². The Hall–Kier alpha value is -2.94. The Labute approximate surface area is 148 Å². The van der Waals surface area contributed by atoms with Crippen molar-refractivity contribution in [2.75, 3.05) is 24.5 Å². The van der Waals surface area contributed by atoms with Crippen molar-refractivity contribution in [2.45, 2.75) is 24.9 Å². The predicted molar refractivity (Wildman–Crippen MR) is 89.3 cm³/mol. The Morgan fingerprint density at radius 2 is 1.85 bits per heavy atom. The van der Waals surface area contributed by atoms with E-state index < -0.39 is 23.8 Å². The van der Waals surface area contributed by atoms with Crippen molar-refractivity contribution in [3.8, 4) is 0 Å². The van der Waals surface area contributed by atoms with Crippen LogP contribution in [0.5, 0.6) is 0 Å². The van der Waals surface area contributed by atoms with Crippen LogP contribution >= 0.6 is 0 Å². The highest BCUT2D eigenvalue weighted by molar-refractivity contribution is 6.22. The fourth-order valence-electron chi connectivity index (χ4n) is 4.24. The molecular formula is C17H17N5O4. The topological polar surface area (TPSA) is 102 Å². The summed E-state index contributed by atoms with van der Waals surface area (Å²) in [4.78, 5) is 51.1. The van der Waals surface area contributed by atoms with E-state index in [0.29, 0.717) is 17.6 Å². The van der Waals surface area contributed by atoms with Gasteiger partial charge in [0.25, 0.3) is 11.8 Å². The highest BCUT2D eigenvalue weighted by Gasteiger charge is 2.44. The summed E-state index contributed by atoms with van der Waals surface area (Å²) in [7, 11) is 0. The molecule has 1 aromatic rings. The number of hydrazine groups is 1. The van der Waals surface area contributed by atoms with Crippen molar-refractivity contribution in [3.63, 3.8) is 0 Å². The third-order valence-electron chi connectivity index (χ3n) is 5.51. The van der Waals surface area contributed by atoms with Crippen molar-refractivity contribution >= 4 is 29.4 Å². The summed E-state index contributed by atoms with van der Waals surface area (Å²) >= 11 is 0. The lowest BCUT2D eigenvalue weighted by Crippen LogP contribution is -2.58. The summed E-state index contributed by atoms with van der Waals surface area (Å²) < 4.78 is 0. The van der Waals surface area contributed by atoms with Gasteiger partial charge in [-0.15, -0.1) is 0 Å². The molecule has 0 spiro atoms. The van der Waals surface area contributed by atoms with E-state index in [9.17, 15) is 19.2 Å². The Morgan fingerprint density at radius 1 is 1.04 bits per heavy atom. The largest absolute Gasteiger partial charge is 0.366 e. The number of nitrogens with one attached hydrogen (secondary N) is 2. The average molecular weight is 355 g/mol. The van der Waals surface area contributed by atoms with Crippen molar-refractivity contribution in [1.29, 1.82) is 0 Å². The number of fused-ring (bicyclic) bond motifs is 3. The van der Waals surface area contributed by atoms with E-state index in [1.165, 1.54) is 0 Å². The first-order chi connectivity index (χ1) is 12.5. The number of imide groups is 2. The smallest absolute Gasteiger partial charge is 0.343 e. The molecule has 0 aliphatic carbocycles. The average Bonchev–Trinajstić information content (AvgIpc) is 3.31. The number of amides is 5. The standard InChI is InChI=1S/C17H17N5O4/c23-14-3-4-21(17(26)19-14)22-15(24)12-2-1-10(6-13(12)16(22)25)20-8-9-5-11(20)7-18-9/h1-2,6,9,11,18H,3-5,7-8H2,(H,19,23,26)/t9-,11-/m0/s1. The van der Waals surface area contributed by atoms with Gasteiger partial charge in [-0.3, -0.25) is 19.7 Å². The number of hydrogen-bond donors (Lipinski definition) is 2. The van der Waals surface area contributed by atoms with Crippen LogP contribution in [0, 0.1) is 0 Å². The number of anilines is 1. The van der Waals surface area contributed by atoms with Gasteiger partial charge in [0.1, 0.15) is 0 Å².